The zero-order valence-electron chi connectivity index (χ0n) is 18.2. The summed E-state index contributed by atoms with van der Waals surface area (Å²) >= 11 is 6.58. The minimum atomic E-state index is -0.0466. The van der Waals surface area contributed by atoms with Gasteiger partial charge in [-0.05, 0) is 48.5 Å². The number of benzene rings is 2. The number of amides is 1. The number of anilines is 4. The van der Waals surface area contributed by atoms with Crippen LogP contribution in [0.1, 0.15) is 18.9 Å². The Balaban J connectivity index is 1.60. The van der Waals surface area contributed by atoms with Gasteiger partial charge in [0.1, 0.15) is 11.9 Å². The van der Waals surface area contributed by atoms with Crippen LogP contribution in [0.4, 0.5) is 22.9 Å². The van der Waals surface area contributed by atoms with Crippen LogP contribution in [0.25, 0.3) is 11.1 Å². The van der Waals surface area contributed by atoms with Crippen LogP contribution in [0, 0.1) is 11.3 Å². The van der Waals surface area contributed by atoms with Gasteiger partial charge in [0.05, 0.1) is 22.5 Å². The molecule has 0 saturated carbocycles. The van der Waals surface area contributed by atoms with E-state index in [4.69, 9.17) is 16.9 Å². The summed E-state index contributed by atoms with van der Waals surface area (Å²) in [6, 6.07) is 18.5. The molecule has 2 heterocycles. The first-order valence-corrected chi connectivity index (χ1v) is 10.7. The predicted molar refractivity (Wildman–Crippen MR) is 130 cm³/mol. The van der Waals surface area contributed by atoms with Gasteiger partial charge in [0.15, 0.2) is 0 Å². The molecule has 0 atom stereocenters. The lowest BCUT2D eigenvalue weighted by Gasteiger charge is -2.23. The predicted octanol–water partition coefficient (Wildman–Crippen LogP) is 5.83. The lowest BCUT2D eigenvalue weighted by atomic mass is 10.1. The topological polar surface area (TPSA) is 86.8 Å². The molecule has 0 aliphatic rings. The van der Waals surface area contributed by atoms with Gasteiger partial charge < -0.3 is 5.32 Å². The summed E-state index contributed by atoms with van der Waals surface area (Å²) in [6.07, 6.45) is 5.50. The molecule has 0 spiro atoms. The van der Waals surface area contributed by atoms with Gasteiger partial charge in [0.2, 0.25) is 5.91 Å². The number of aryl methyl sites for hydroxylation is 1. The molecule has 1 N–H and O–H groups in total. The number of rotatable bonds is 6. The van der Waals surface area contributed by atoms with Gasteiger partial charge >= 0.3 is 0 Å². The Morgan fingerprint density at radius 2 is 1.88 bits per heavy atom. The lowest BCUT2D eigenvalue weighted by molar-refractivity contribution is -0.117. The zero-order chi connectivity index (χ0) is 23.4. The second-order valence-corrected chi connectivity index (χ2v) is 7.77. The van der Waals surface area contributed by atoms with Crippen molar-refractivity contribution in [3.63, 3.8) is 0 Å². The first kappa shape index (κ1) is 22.1. The van der Waals surface area contributed by atoms with Crippen molar-refractivity contribution in [1.82, 2.24) is 14.8 Å². The van der Waals surface area contributed by atoms with Crippen LogP contribution in [-0.4, -0.2) is 20.7 Å². The highest BCUT2D eigenvalue weighted by Gasteiger charge is 2.18. The van der Waals surface area contributed by atoms with E-state index in [1.165, 1.54) is 6.20 Å². The van der Waals surface area contributed by atoms with Gasteiger partial charge in [0, 0.05) is 48.4 Å². The maximum Gasteiger partial charge on any atom is 0.231 e. The summed E-state index contributed by atoms with van der Waals surface area (Å²) < 4.78 is 1.72. The molecule has 0 fully saturated rings. The third-order valence-corrected chi connectivity index (χ3v) is 5.38. The molecule has 0 radical (unpaired) electrons. The first-order chi connectivity index (χ1) is 16.0. The molecular formula is C25H21ClN6O. The van der Waals surface area contributed by atoms with Crippen molar-refractivity contribution in [2.45, 2.75) is 13.3 Å². The summed E-state index contributed by atoms with van der Waals surface area (Å²) in [5.74, 6) is 0.579. The Morgan fingerprint density at radius 1 is 1.12 bits per heavy atom. The summed E-state index contributed by atoms with van der Waals surface area (Å²) in [5, 5.41) is 16.8. The van der Waals surface area contributed by atoms with Crippen molar-refractivity contribution in [2.24, 2.45) is 7.05 Å². The number of carbonyl (C=O) groups excluding carboxylic acids is 1. The quantitative estimate of drug-likeness (QED) is 0.394. The van der Waals surface area contributed by atoms with Gasteiger partial charge in [-0.2, -0.15) is 10.4 Å². The first-order valence-electron chi connectivity index (χ1n) is 10.3. The molecule has 0 unspecified atom stereocenters. The standard InChI is InChI=1S/C25H21ClN6O/c1-3-25(33)32(21-9-10-22(23(26)12-21)18-15-29-31(2)16-18)20-7-5-19(6-8-20)30-24-11-4-17(13-27)14-28-24/h4-12,14-16H,3H2,1-2H3,(H,28,30). The molecule has 164 valence electrons. The van der Waals surface area contributed by atoms with Crippen LogP contribution in [-0.2, 0) is 11.8 Å². The van der Waals surface area contributed by atoms with Crippen LogP contribution >= 0.6 is 11.6 Å². The lowest BCUT2D eigenvalue weighted by Crippen LogP contribution is -2.24. The molecule has 8 heteroatoms. The van der Waals surface area contributed by atoms with Gasteiger partial charge in [-0.25, -0.2) is 4.98 Å². The molecular weight excluding hydrogens is 436 g/mol. The van der Waals surface area contributed by atoms with Crippen LogP contribution in [0.5, 0.6) is 0 Å². The zero-order valence-corrected chi connectivity index (χ0v) is 18.9. The largest absolute Gasteiger partial charge is 0.340 e. The Labute approximate surface area is 196 Å². The molecule has 2 aromatic carbocycles. The third-order valence-electron chi connectivity index (χ3n) is 5.07. The van der Waals surface area contributed by atoms with Crippen molar-refractivity contribution >= 4 is 40.4 Å². The van der Waals surface area contributed by atoms with Gasteiger partial charge in [0.25, 0.3) is 0 Å². The van der Waals surface area contributed by atoms with Crippen LogP contribution < -0.4 is 10.2 Å². The minimum Gasteiger partial charge on any atom is -0.340 e. The highest BCUT2D eigenvalue weighted by Crippen LogP contribution is 2.35. The smallest absolute Gasteiger partial charge is 0.231 e. The summed E-state index contributed by atoms with van der Waals surface area (Å²) in [6.45, 7) is 1.83. The van der Waals surface area contributed by atoms with Crippen LogP contribution in [0.15, 0.2) is 73.2 Å². The minimum absolute atomic E-state index is 0.0466. The van der Waals surface area contributed by atoms with Gasteiger partial charge in [-0.3, -0.25) is 14.4 Å². The van der Waals surface area contributed by atoms with E-state index in [-0.39, 0.29) is 5.91 Å². The van der Waals surface area contributed by atoms with E-state index in [1.54, 1.807) is 34.0 Å². The number of hydrogen-bond donors (Lipinski definition) is 1. The fraction of sp³-hybridized carbons (Fsp3) is 0.120. The van der Waals surface area contributed by atoms with Crippen molar-refractivity contribution < 1.29 is 4.79 Å². The second kappa shape index (κ2) is 9.55. The van der Waals surface area contributed by atoms with E-state index in [0.29, 0.717) is 28.5 Å². The monoisotopic (exact) mass is 456 g/mol. The Morgan fingerprint density at radius 3 is 2.45 bits per heavy atom. The van der Waals surface area contributed by atoms with E-state index >= 15 is 0 Å². The number of nitrogens with one attached hydrogen (secondary N) is 1. The van der Waals surface area contributed by atoms with E-state index in [0.717, 1.165) is 22.5 Å². The van der Waals surface area contributed by atoms with Crippen molar-refractivity contribution in [2.75, 3.05) is 10.2 Å². The highest BCUT2D eigenvalue weighted by molar-refractivity contribution is 6.33. The number of aromatic nitrogens is 3. The van der Waals surface area contributed by atoms with Crippen LogP contribution in [0.2, 0.25) is 5.02 Å². The second-order valence-electron chi connectivity index (χ2n) is 7.37. The van der Waals surface area contributed by atoms with E-state index < -0.39 is 0 Å². The maximum atomic E-state index is 12.8. The molecule has 7 nitrogen and oxygen atoms in total. The molecule has 1 amide bonds. The third kappa shape index (κ3) is 4.86. The molecule has 2 aromatic heterocycles. The number of pyridine rings is 1. The van der Waals surface area contributed by atoms with Gasteiger partial charge in [-0.1, -0.05) is 24.6 Å². The molecule has 4 rings (SSSR count). The average molecular weight is 457 g/mol. The molecule has 0 aliphatic heterocycles. The fourth-order valence-electron chi connectivity index (χ4n) is 3.41. The summed E-state index contributed by atoms with van der Waals surface area (Å²) in [4.78, 5) is 18.7. The highest BCUT2D eigenvalue weighted by atomic mass is 35.5. The number of halogens is 1. The Kier molecular flexibility index (Phi) is 6.38. The van der Waals surface area contributed by atoms with Crippen molar-refractivity contribution in [3.8, 4) is 17.2 Å². The normalized spacial score (nSPS) is 10.5. The molecule has 4 aromatic rings. The number of carbonyl (C=O) groups is 1. The van der Waals surface area contributed by atoms with Crippen molar-refractivity contribution in [3.05, 3.63) is 83.8 Å². The van der Waals surface area contributed by atoms with Crippen LogP contribution in [0.3, 0.4) is 0 Å². The number of hydrogen-bond acceptors (Lipinski definition) is 5. The molecule has 0 saturated heterocycles. The summed E-state index contributed by atoms with van der Waals surface area (Å²) in [7, 11) is 1.85. The Hall–Kier alpha value is -4.15. The Bertz CT molecular complexity index is 1320. The molecule has 0 bridgehead atoms. The SMILES string of the molecule is CCC(=O)N(c1ccc(Nc2ccc(C#N)cn2)cc1)c1ccc(-c2cnn(C)c2)c(Cl)c1. The van der Waals surface area contributed by atoms with E-state index in [1.807, 2.05) is 62.6 Å². The number of nitrogens with zero attached hydrogens (tertiary/aromatic N) is 5. The number of nitriles is 1. The average Bonchev–Trinajstić information content (AvgIpc) is 3.26. The summed E-state index contributed by atoms with van der Waals surface area (Å²) in [5.41, 5.74) is 4.49. The van der Waals surface area contributed by atoms with E-state index in [2.05, 4.69) is 15.4 Å². The fourth-order valence-corrected chi connectivity index (χ4v) is 3.69. The maximum absolute atomic E-state index is 12.8. The molecule has 0 aliphatic carbocycles. The van der Waals surface area contributed by atoms with Gasteiger partial charge in [-0.15, -0.1) is 0 Å². The van der Waals surface area contributed by atoms with Crippen molar-refractivity contribution in [1.29, 1.82) is 5.26 Å². The molecule has 33 heavy (non-hydrogen) atoms. The van der Waals surface area contributed by atoms with E-state index in [9.17, 15) is 4.79 Å².